The van der Waals surface area contributed by atoms with Gasteiger partial charge in [0, 0.05) is 6.20 Å². The molecule has 0 aliphatic carbocycles. The van der Waals surface area contributed by atoms with E-state index >= 15 is 0 Å². The molecule has 2 nitrogen and oxygen atoms in total. The first-order valence-corrected chi connectivity index (χ1v) is 4.41. The first-order chi connectivity index (χ1) is 4.86. The zero-order valence-electron chi connectivity index (χ0n) is 4.98. The average molecular weight is 168 g/mol. The summed E-state index contributed by atoms with van der Waals surface area (Å²) in [6.45, 7) is 0. The van der Waals surface area contributed by atoms with Crippen LogP contribution in [0.15, 0.2) is 23.4 Å². The van der Waals surface area contributed by atoms with Crippen LogP contribution in [0.4, 0.5) is 0 Å². The van der Waals surface area contributed by atoms with Gasteiger partial charge in [0.1, 0.15) is 5.03 Å². The summed E-state index contributed by atoms with van der Waals surface area (Å²) in [4.78, 5) is 3.94. The molecule has 0 saturated heterocycles. The predicted molar refractivity (Wildman–Crippen MR) is 43.8 cm³/mol. The minimum atomic E-state index is 0.617. The van der Waals surface area contributed by atoms with Crippen molar-refractivity contribution in [2.75, 3.05) is 0 Å². The molecule has 0 aliphatic heterocycles. The van der Waals surface area contributed by atoms with E-state index in [0.717, 1.165) is 5.03 Å². The van der Waals surface area contributed by atoms with Gasteiger partial charge in [-0.1, -0.05) is 0 Å². The average Bonchev–Trinajstić information content (AvgIpc) is 2.05. The molecule has 1 aromatic heterocycles. The highest BCUT2D eigenvalue weighted by atomic mass is 33.1. The summed E-state index contributed by atoms with van der Waals surface area (Å²) < 4.78 is 0. The number of aromatic nitrogens is 1. The third-order valence-electron chi connectivity index (χ3n) is 0.957. The summed E-state index contributed by atoms with van der Waals surface area (Å²) in [7, 11) is 1.23. The zero-order valence-corrected chi connectivity index (χ0v) is 6.69. The Morgan fingerprint density at radius 3 is 3.10 bits per heavy atom. The molecule has 10 heavy (non-hydrogen) atoms. The molecule has 0 atom stereocenters. The van der Waals surface area contributed by atoms with Crippen molar-refractivity contribution in [2.45, 2.75) is 5.03 Å². The van der Waals surface area contributed by atoms with Gasteiger partial charge >= 0.3 is 0 Å². The van der Waals surface area contributed by atoms with Gasteiger partial charge in [0.15, 0.2) is 0 Å². The topological polar surface area (TPSA) is 36.7 Å². The molecule has 1 rings (SSSR count). The first-order valence-electron chi connectivity index (χ1n) is 2.54. The van der Waals surface area contributed by atoms with Gasteiger partial charge in [0.05, 0.1) is 11.6 Å². The minimum Gasteiger partial charge on any atom is -0.249 e. The molecule has 0 radical (unpaired) electrons. The second kappa shape index (κ2) is 3.49. The number of nitrogens with zero attached hydrogens (tertiary/aromatic N) is 2. The summed E-state index contributed by atoms with van der Waals surface area (Å²) in [5.74, 6) is 0. The van der Waals surface area contributed by atoms with Gasteiger partial charge < -0.3 is 0 Å². The molecule has 4 heteroatoms. The molecule has 0 aliphatic rings. The zero-order chi connectivity index (χ0) is 7.40. The molecule has 50 valence electrons. The van der Waals surface area contributed by atoms with E-state index in [9.17, 15) is 0 Å². The van der Waals surface area contributed by atoms with Crippen LogP contribution in [0.5, 0.6) is 0 Å². The predicted octanol–water partition coefficient (Wildman–Crippen LogP) is 1.89. The van der Waals surface area contributed by atoms with E-state index in [-0.39, 0.29) is 0 Å². The molecular formula is C6H4N2S2. The van der Waals surface area contributed by atoms with Gasteiger partial charge in [-0.2, -0.15) is 5.26 Å². The molecular weight excluding hydrogens is 164 g/mol. The van der Waals surface area contributed by atoms with E-state index in [0.29, 0.717) is 5.56 Å². The lowest BCUT2D eigenvalue weighted by atomic mass is 10.3. The second-order valence-electron chi connectivity index (χ2n) is 1.59. The van der Waals surface area contributed by atoms with Gasteiger partial charge in [-0.25, -0.2) is 4.98 Å². The Morgan fingerprint density at radius 1 is 1.70 bits per heavy atom. The Bertz CT molecular complexity index is 267. The van der Waals surface area contributed by atoms with Crippen LogP contribution in [0.1, 0.15) is 5.56 Å². The number of nitriles is 1. The monoisotopic (exact) mass is 168 g/mol. The smallest absolute Gasteiger partial charge is 0.108 e. The SMILES string of the molecule is N#Cc1ccnc(SS)c1. The number of hydrogen-bond donors (Lipinski definition) is 1. The lowest BCUT2D eigenvalue weighted by Crippen LogP contribution is -1.78. The summed E-state index contributed by atoms with van der Waals surface area (Å²) in [6, 6.07) is 5.37. The van der Waals surface area contributed by atoms with E-state index in [1.807, 2.05) is 6.07 Å². The van der Waals surface area contributed by atoms with E-state index in [1.165, 1.54) is 10.8 Å². The molecule has 1 aromatic rings. The van der Waals surface area contributed by atoms with Gasteiger partial charge in [0.25, 0.3) is 0 Å². The van der Waals surface area contributed by atoms with Crippen molar-refractivity contribution < 1.29 is 0 Å². The lowest BCUT2D eigenvalue weighted by molar-refractivity contribution is 1.13. The highest BCUT2D eigenvalue weighted by Crippen LogP contribution is 2.18. The van der Waals surface area contributed by atoms with Crippen LogP contribution in [-0.4, -0.2) is 4.98 Å². The van der Waals surface area contributed by atoms with Gasteiger partial charge in [-0.3, -0.25) is 0 Å². The molecule has 0 aromatic carbocycles. The van der Waals surface area contributed by atoms with Crippen molar-refractivity contribution in [3.05, 3.63) is 23.9 Å². The maximum atomic E-state index is 8.45. The molecule has 0 unspecified atom stereocenters. The Hall–Kier alpha value is -0.660. The molecule has 0 fully saturated rings. The molecule has 0 amide bonds. The van der Waals surface area contributed by atoms with Crippen LogP contribution in [-0.2, 0) is 0 Å². The summed E-state index contributed by atoms with van der Waals surface area (Å²) in [5.41, 5.74) is 0.617. The second-order valence-corrected chi connectivity index (χ2v) is 2.73. The van der Waals surface area contributed by atoms with E-state index in [4.69, 9.17) is 5.26 Å². The first kappa shape index (κ1) is 7.45. The van der Waals surface area contributed by atoms with Gasteiger partial charge in [0.2, 0.25) is 0 Å². The maximum Gasteiger partial charge on any atom is 0.108 e. The summed E-state index contributed by atoms with van der Waals surface area (Å²) >= 11 is 3.94. The van der Waals surface area contributed by atoms with Crippen molar-refractivity contribution in [3.63, 3.8) is 0 Å². The van der Waals surface area contributed by atoms with Gasteiger partial charge in [-0.05, 0) is 22.9 Å². The maximum absolute atomic E-state index is 8.45. The standard InChI is InChI=1S/C6H4N2S2/c7-4-5-1-2-8-6(3-5)10-9/h1-3,9H. The highest BCUT2D eigenvalue weighted by molar-refractivity contribution is 8.68. The van der Waals surface area contributed by atoms with Crippen molar-refractivity contribution in [1.29, 1.82) is 5.26 Å². The molecule has 0 bridgehead atoms. The van der Waals surface area contributed by atoms with Crippen LogP contribution in [0.3, 0.4) is 0 Å². The van der Waals surface area contributed by atoms with E-state index < -0.39 is 0 Å². The third kappa shape index (κ3) is 1.66. The molecule has 0 N–H and O–H groups in total. The van der Waals surface area contributed by atoms with Crippen LogP contribution in [0.25, 0.3) is 0 Å². The van der Waals surface area contributed by atoms with Crippen molar-refractivity contribution in [2.24, 2.45) is 0 Å². The van der Waals surface area contributed by atoms with E-state index in [2.05, 4.69) is 16.6 Å². The molecule has 0 spiro atoms. The minimum absolute atomic E-state index is 0.617. The van der Waals surface area contributed by atoms with Crippen molar-refractivity contribution >= 4 is 22.5 Å². The van der Waals surface area contributed by atoms with Crippen LogP contribution >= 0.6 is 22.5 Å². The fraction of sp³-hybridized carbons (Fsp3) is 0. The van der Waals surface area contributed by atoms with E-state index in [1.54, 1.807) is 18.3 Å². The Kier molecular flexibility index (Phi) is 2.60. The number of pyridine rings is 1. The van der Waals surface area contributed by atoms with Crippen LogP contribution < -0.4 is 0 Å². The fourth-order valence-corrected chi connectivity index (χ4v) is 1.12. The van der Waals surface area contributed by atoms with Crippen molar-refractivity contribution in [3.8, 4) is 6.07 Å². The Labute approximate surface area is 68.1 Å². The molecule has 1 heterocycles. The number of hydrogen-bond acceptors (Lipinski definition) is 4. The Morgan fingerprint density at radius 2 is 2.50 bits per heavy atom. The summed E-state index contributed by atoms with van der Waals surface area (Å²) in [6.07, 6.45) is 1.59. The fourth-order valence-electron chi connectivity index (χ4n) is 0.529. The normalized spacial score (nSPS) is 8.80. The van der Waals surface area contributed by atoms with Crippen LogP contribution in [0, 0.1) is 11.3 Å². The number of rotatable bonds is 1. The largest absolute Gasteiger partial charge is 0.249 e. The van der Waals surface area contributed by atoms with Gasteiger partial charge in [-0.15, -0.1) is 11.7 Å². The Balaban J connectivity index is 3.01. The molecule has 0 saturated carbocycles. The van der Waals surface area contributed by atoms with Crippen molar-refractivity contribution in [1.82, 2.24) is 4.98 Å². The third-order valence-corrected chi connectivity index (χ3v) is 1.93. The quantitative estimate of drug-likeness (QED) is 0.514. The number of thiol groups is 1. The lowest BCUT2D eigenvalue weighted by Gasteiger charge is -1.91. The van der Waals surface area contributed by atoms with Crippen LogP contribution in [0.2, 0.25) is 0 Å². The highest BCUT2D eigenvalue weighted by Gasteiger charge is 1.92. The summed E-state index contributed by atoms with van der Waals surface area (Å²) in [5, 5.41) is 9.20.